The Kier molecular flexibility index (Phi) is 5.65. The lowest BCUT2D eigenvalue weighted by atomic mass is 10.0. The molecule has 0 fully saturated rings. The summed E-state index contributed by atoms with van der Waals surface area (Å²) in [6.45, 7) is 0. The first-order chi connectivity index (χ1) is 25.8. The molecule has 0 saturated heterocycles. The molecule has 0 aliphatic carbocycles. The summed E-state index contributed by atoms with van der Waals surface area (Å²) in [6, 6.07) is 58.8. The molecule has 52 heavy (non-hydrogen) atoms. The van der Waals surface area contributed by atoms with Gasteiger partial charge in [0.15, 0.2) is 0 Å². The van der Waals surface area contributed by atoms with E-state index in [0.717, 1.165) is 60.7 Å². The van der Waals surface area contributed by atoms with E-state index in [1.807, 2.05) is 23.5 Å². The second kappa shape index (κ2) is 10.5. The molecule has 0 bridgehead atoms. The predicted octanol–water partition coefficient (Wildman–Crippen LogP) is 14.3. The summed E-state index contributed by atoms with van der Waals surface area (Å²) in [5.74, 6) is 0. The van der Waals surface area contributed by atoms with Gasteiger partial charge < -0.3 is 13.4 Å². The zero-order valence-corrected chi connectivity index (χ0v) is 28.6. The Morgan fingerprint density at radius 3 is 2.04 bits per heavy atom. The number of thiophene rings is 1. The van der Waals surface area contributed by atoms with Gasteiger partial charge in [-0.1, -0.05) is 103 Å². The number of furan rings is 2. The van der Waals surface area contributed by atoms with Crippen molar-refractivity contribution in [1.29, 1.82) is 0 Å². The quantitative estimate of drug-likeness (QED) is 0.186. The van der Waals surface area contributed by atoms with Crippen LogP contribution < -0.4 is 0 Å². The van der Waals surface area contributed by atoms with Gasteiger partial charge in [-0.25, -0.2) is 0 Å². The summed E-state index contributed by atoms with van der Waals surface area (Å²) < 4.78 is 18.1. The Hall–Kier alpha value is -6.62. The van der Waals surface area contributed by atoms with Gasteiger partial charge in [0.05, 0.1) is 22.1 Å². The van der Waals surface area contributed by atoms with Crippen LogP contribution in [-0.2, 0) is 0 Å². The van der Waals surface area contributed by atoms with Crippen LogP contribution in [0, 0.1) is 0 Å². The van der Waals surface area contributed by atoms with Crippen LogP contribution in [0.25, 0.3) is 114 Å². The van der Waals surface area contributed by atoms with Crippen LogP contribution in [0.2, 0.25) is 0 Å². The van der Waals surface area contributed by atoms with Gasteiger partial charge in [-0.05, 0) is 77.4 Å². The number of fused-ring (bicyclic) bond motifs is 12. The number of para-hydroxylation sites is 3. The van der Waals surface area contributed by atoms with Crippen LogP contribution in [0.15, 0.2) is 173 Å². The fraction of sp³-hybridized carbons (Fsp3) is 0. The minimum atomic E-state index is 0.854. The first-order valence-corrected chi connectivity index (χ1v) is 18.4. The van der Waals surface area contributed by atoms with Crippen molar-refractivity contribution in [3.8, 4) is 27.9 Å². The van der Waals surface area contributed by atoms with Crippen molar-refractivity contribution in [3.63, 3.8) is 0 Å². The molecule has 4 heterocycles. The maximum absolute atomic E-state index is 6.64. The van der Waals surface area contributed by atoms with Crippen molar-refractivity contribution < 1.29 is 8.83 Å². The van der Waals surface area contributed by atoms with Gasteiger partial charge in [0.25, 0.3) is 0 Å². The highest BCUT2D eigenvalue weighted by molar-refractivity contribution is 7.25. The summed E-state index contributed by atoms with van der Waals surface area (Å²) in [5.41, 5.74) is 11.5. The molecular weight excluding hydrogens is 655 g/mol. The van der Waals surface area contributed by atoms with Crippen molar-refractivity contribution >= 4 is 97.2 Å². The zero-order valence-electron chi connectivity index (χ0n) is 27.8. The van der Waals surface area contributed by atoms with Crippen molar-refractivity contribution in [2.45, 2.75) is 0 Å². The fourth-order valence-corrected chi connectivity index (χ4v) is 9.60. The molecule has 4 heteroatoms. The van der Waals surface area contributed by atoms with E-state index >= 15 is 0 Å². The summed E-state index contributed by atoms with van der Waals surface area (Å²) in [6.07, 6.45) is 0. The van der Waals surface area contributed by atoms with E-state index in [-0.39, 0.29) is 0 Å². The molecule has 0 spiro atoms. The Balaban J connectivity index is 1.04. The molecule has 0 aliphatic rings. The highest BCUT2D eigenvalue weighted by atomic mass is 32.1. The average Bonchev–Trinajstić information content (AvgIpc) is 3.95. The van der Waals surface area contributed by atoms with E-state index in [1.54, 1.807) is 0 Å². The third kappa shape index (κ3) is 3.90. The first kappa shape index (κ1) is 28.1. The molecule has 242 valence electrons. The van der Waals surface area contributed by atoms with Crippen LogP contribution >= 0.6 is 11.3 Å². The van der Waals surface area contributed by atoms with Gasteiger partial charge in [-0.3, -0.25) is 0 Å². The number of hydrogen-bond acceptors (Lipinski definition) is 3. The van der Waals surface area contributed by atoms with E-state index in [1.165, 1.54) is 53.1 Å². The molecule has 0 radical (unpaired) electrons. The Morgan fingerprint density at radius 1 is 0.385 bits per heavy atom. The SMILES string of the molecule is c1ccc2c(c1)oc1c(-c3ccc4c(c3)oc3cccc(-n5c6ccccc6c6cc(-c7ccc8c(c7)sc7ccccc78)ccc65)c34)cccc12. The summed E-state index contributed by atoms with van der Waals surface area (Å²) >= 11 is 1.86. The second-order valence-electron chi connectivity index (χ2n) is 13.6. The van der Waals surface area contributed by atoms with Crippen LogP contribution in [0.5, 0.6) is 0 Å². The van der Waals surface area contributed by atoms with Crippen molar-refractivity contribution in [2.75, 3.05) is 0 Å². The highest BCUT2D eigenvalue weighted by Gasteiger charge is 2.20. The standard InChI is InChI=1S/C48H27NO2S/c1-4-14-39-32(9-1)38-25-28(29-19-22-35-34-11-3-6-18-45(34)52-46(35)27-29)21-24-40(38)49(39)41-15-8-17-43-47(41)37-23-20-30(26-44(37)50-43)31-12-7-13-36-33-10-2-5-16-42(33)51-48(31)36/h1-27H. The molecule has 0 atom stereocenters. The number of hydrogen-bond donors (Lipinski definition) is 0. The van der Waals surface area contributed by atoms with Gasteiger partial charge in [0.1, 0.15) is 22.3 Å². The van der Waals surface area contributed by atoms with Gasteiger partial charge in [0.2, 0.25) is 0 Å². The minimum Gasteiger partial charge on any atom is -0.456 e. The summed E-state index contributed by atoms with van der Waals surface area (Å²) in [7, 11) is 0. The Bertz CT molecular complexity index is 3430. The third-order valence-electron chi connectivity index (χ3n) is 10.8. The molecule has 4 aromatic heterocycles. The van der Waals surface area contributed by atoms with Gasteiger partial charge in [-0.15, -0.1) is 11.3 Å². The lowest BCUT2D eigenvalue weighted by molar-refractivity contribution is 0.668. The number of benzene rings is 8. The summed E-state index contributed by atoms with van der Waals surface area (Å²) in [5, 5.41) is 9.55. The summed E-state index contributed by atoms with van der Waals surface area (Å²) in [4.78, 5) is 0. The smallest absolute Gasteiger partial charge is 0.143 e. The van der Waals surface area contributed by atoms with E-state index in [2.05, 4.69) is 156 Å². The first-order valence-electron chi connectivity index (χ1n) is 17.6. The molecule has 0 unspecified atom stereocenters. The average molecular weight is 682 g/mol. The van der Waals surface area contributed by atoms with Crippen molar-refractivity contribution in [3.05, 3.63) is 164 Å². The van der Waals surface area contributed by atoms with Gasteiger partial charge in [-0.2, -0.15) is 0 Å². The van der Waals surface area contributed by atoms with Crippen LogP contribution in [0.3, 0.4) is 0 Å². The molecule has 8 aromatic carbocycles. The lowest BCUT2D eigenvalue weighted by Crippen LogP contribution is -1.94. The van der Waals surface area contributed by atoms with Crippen molar-refractivity contribution in [1.82, 2.24) is 4.57 Å². The zero-order chi connectivity index (χ0) is 33.9. The van der Waals surface area contributed by atoms with Crippen LogP contribution in [-0.4, -0.2) is 4.57 Å². The highest BCUT2D eigenvalue weighted by Crippen LogP contribution is 2.43. The van der Waals surface area contributed by atoms with E-state index in [4.69, 9.17) is 8.83 Å². The Labute approximate surface area is 301 Å². The fourth-order valence-electron chi connectivity index (χ4n) is 8.45. The molecule has 3 nitrogen and oxygen atoms in total. The van der Waals surface area contributed by atoms with Crippen molar-refractivity contribution in [2.24, 2.45) is 0 Å². The topological polar surface area (TPSA) is 31.2 Å². The van der Waals surface area contributed by atoms with Crippen LogP contribution in [0.4, 0.5) is 0 Å². The maximum Gasteiger partial charge on any atom is 0.143 e. The molecule has 0 saturated carbocycles. The van der Waals surface area contributed by atoms with Gasteiger partial charge in [0, 0.05) is 52.7 Å². The predicted molar refractivity (Wildman–Crippen MR) is 219 cm³/mol. The maximum atomic E-state index is 6.64. The Morgan fingerprint density at radius 2 is 1.08 bits per heavy atom. The largest absolute Gasteiger partial charge is 0.456 e. The number of nitrogens with zero attached hydrogens (tertiary/aromatic N) is 1. The third-order valence-corrected chi connectivity index (χ3v) is 11.9. The van der Waals surface area contributed by atoms with E-state index < -0.39 is 0 Å². The van der Waals surface area contributed by atoms with Crippen LogP contribution in [0.1, 0.15) is 0 Å². The second-order valence-corrected chi connectivity index (χ2v) is 14.7. The number of rotatable bonds is 3. The van der Waals surface area contributed by atoms with E-state index in [9.17, 15) is 0 Å². The molecule has 12 rings (SSSR count). The molecule has 0 N–H and O–H groups in total. The van der Waals surface area contributed by atoms with Gasteiger partial charge >= 0.3 is 0 Å². The monoisotopic (exact) mass is 681 g/mol. The number of aromatic nitrogens is 1. The molecule has 0 aliphatic heterocycles. The molecule has 0 amide bonds. The molecule has 12 aromatic rings. The molecular formula is C48H27NO2S. The van der Waals surface area contributed by atoms with E-state index in [0.29, 0.717) is 0 Å². The lowest BCUT2D eigenvalue weighted by Gasteiger charge is -2.10. The minimum absolute atomic E-state index is 0.854. The normalized spacial score (nSPS) is 12.2.